The van der Waals surface area contributed by atoms with Crippen LogP contribution in [0.25, 0.3) is 6.08 Å². The van der Waals surface area contributed by atoms with Gasteiger partial charge in [0.1, 0.15) is 0 Å². The minimum Gasteiger partial charge on any atom is -0.267 e. The number of fused-ring (bicyclic) bond motifs is 1. The van der Waals surface area contributed by atoms with E-state index in [9.17, 15) is 4.79 Å². The summed E-state index contributed by atoms with van der Waals surface area (Å²) in [5.41, 5.74) is 6.48. The number of carbonyl (C=O) groups excluding carboxylic acids is 1. The lowest BCUT2D eigenvalue weighted by Crippen LogP contribution is -2.31. The van der Waals surface area contributed by atoms with Gasteiger partial charge in [-0.2, -0.15) is 5.10 Å². The topological polar surface area (TPSA) is 32.7 Å². The maximum absolute atomic E-state index is 13.5. The number of aryl methyl sites for hydroxylation is 1. The van der Waals surface area contributed by atoms with Crippen molar-refractivity contribution < 1.29 is 4.79 Å². The molecule has 31 heavy (non-hydrogen) atoms. The summed E-state index contributed by atoms with van der Waals surface area (Å²) in [7, 11) is 0. The van der Waals surface area contributed by atoms with Gasteiger partial charge in [-0.05, 0) is 61.1 Å². The fraction of sp³-hybridized carbons (Fsp3) is 0.214. The van der Waals surface area contributed by atoms with Gasteiger partial charge in [-0.3, -0.25) is 4.79 Å². The molecule has 1 amide bonds. The van der Waals surface area contributed by atoms with Gasteiger partial charge in [-0.25, -0.2) is 5.01 Å². The summed E-state index contributed by atoms with van der Waals surface area (Å²) in [6.07, 6.45) is 5.39. The number of allylic oxidation sites excluding steroid dienone is 1. The lowest BCUT2D eigenvalue weighted by Gasteiger charge is -2.29. The summed E-state index contributed by atoms with van der Waals surface area (Å²) in [4.78, 5) is 13.5. The molecule has 1 aliphatic carbocycles. The van der Waals surface area contributed by atoms with Crippen LogP contribution < -0.4 is 0 Å². The van der Waals surface area contributed by atoms with Gasteiger partial charge < -0.3 is 0 Å². The molecule has 3 aromatic rings. The first kappa shape index (κ1) is 19.5. The van der Waals surface area contributed by atoms with Gasteiger partial charge in [-0.1, -0.05) is 78.4 Å². The normalized spacial score (nSPS) is 21.6. The van der Waals surface area contributed by atoms with E-state index >= 15 is 0 Å². The van der Waals surface area contributed by atoms with E-state index in [1.165, 1.54) is 11.1 Å². The smallest absolute Gasteiger partial charge is 0.267 e. The van der Waals surface area contributed by atoms with E-state index in [2.05, 4.69) is 42.5 Å². The van der Waals surface area contributed by atoms with Crippen molar-refractivity contribution in [1.82, 2.24) is 5.01 Å². The lowest BCUT2D eigenvalue weighted by atomic mass is 9.77. The minimum atomic E-state index is -0.0653. The molecule has 0 spiro atoms. The number of amides is 1. The molecular formula is C28H26N2O. The highest BCUT2D eigenvalue weighted by molar-refractivity contribution is 6.09. The summed E-state index contributed by atoms with van der Waals surface area (Å²) >= 11 is 0. The largest absolute Gasteiger partial charge is 0.274 e. The van der Waals surface area contributed by atoms with Crippen LogP contribution in [0.15, 0.2) is 95.6 Å². The van der Waals surface area contributed by atoms with Crippen LogP contribution in [-0.4, -0.2) is 16.6 Å². The average molecular weight is 407 g/mol. The molecule has 3 aromatic carbocycles. The second-order valence-electron chi connectivity index (χ2n) is 8.44. The van der Waals surface area contributed by atoms with Gasteiger partial charge in [0.25, 0.3) is 5.91 Å². The van der Waals surface area contributed by atoms with Crippen LogP contribution in [0.1, 0.15) is 52.4 Å². The Hall–Kier alpha value is -3.46. The first-order valence-corrected chi connectivity index (χ1v) is 11.0. The summed E-state index contributed by atoms with van der Waals surface area (Å²) in [5.74, 6) is 0.190. The first-order valence-electron chi connectivity index (χ1n) is 11.0. The van der Waals surface area contributed by atoms with Crippen LogP contribution >= 0.6 is 0 Å². The predicted octanol–water partition coefficient (Wildman–Crippen LogP) is 6.43. The molecule has 2 unspecified atom stereocenters. The molecule has 3 heteroatoms. The van der Waals surface area contributed by atoms with Crippen molar-refractivity contribution in [3.63, 3.8) is 0 Å². The zero-order valence-electron chi connectivity index (χ0n) is 17.7. The van der Waals surface area contributed by atoms with E-state index in [0.717, 1.165) is 36.1 Å². The van der Waals surface area contributed by atoms with Crippen molar-refractivity contribution >= 4 is 17.7 Å². The van der Waals surface area contributed by atoms with Crippen LogP contribution in [0.2, 0.25) is 0 Å². The van der Waals surface area contributed by atoms with Crippen molar-refractivity contribution in [2.75, 3.05) is 0 Å². The second-order valence-corrected chi connectivity index (χ2v) is 8.44. The summed E-state index contributed by atoms with van der Waals surface area (Å²) in [5, 5.41) is 6.72. The predicted molar refractivity (Wildman–Crippen MR) is 126 cm³/mol. The molecule has 3 nitrogen and oxygen atoms in total. The molecule has 1 aliphatic heterocycles. The van der Waals surface area contributed by atoms with E-state index < -0.39 is 0 Å². The summed E-state index contributed by atoms with van der Waals surface area (Å²) in [6, 6.07) is 28.5. The van der Waals surface area contributed by atoms with E-state index in [0.29, 0.717) is 5.56 Å². The molecule has 2 aliphatic rings. The number of benzene rings is 3. The Morgan fingerprint density at radius 3 is 2.32 bits per heavy atom. The van der Waals surface area contributed by atoms with Crippen LogP contribution in [0.5, 0.6) is 0 Å². The zero-order chi connectivity index (χ0) is 21.2. The number of rotatable bonds is 3. The maximum atomic E-state index is 13.5. The van der Waals surface area contributed by atoms with Gasteiger partial charge in [0.05, 0.1) is 11.8 Å². The van der Waals surface area contributed by atoms with Crippen LogP contribution in [0.4, 0.5) is 0 Å². The Kier molecular flexibility index (Phi) is 5.25. The molecule has 0 radical (unpaired) electrons. The monoisotopic (exact) mass is 406 g/mol. The molecule has 1 saturated carbocycles. The third kappa shape index (κ3) is 3.84. The first-order chi connectivity index (χ1) is 15.2. The Bertz CT molecular complexity index is 1130. The quantitative estimate of drug-likeness (QED) is 0.493. The highest BCUT2D eigenvalue weighted by Gasteiger charge is 2.43. The molecule has 154 valence electrons. The van der Waals surface area contributed by atoms with Gasteiger partial charge in [0, 0.05) is 11.5 Å². The fourth-order valence-corrected chi connectivity index (χ4v) is 4.73. The highest BCUT2D eigenvalue weighted by Crippen LogP contribution is 2.44. The molecule has 0 saturated heterocycles. The molecule has 1 heterocycles. The summed E-state index contributed by atoms with van der Waals surface area (Å²) in [6.45, 7) is 2.03. The van der Waals surface area contributed by atoms with Gasteiger partial charge in [-0.15, -0.1) is 0 Å². The standard InChI is InChI=1S/C28H26N2O/c1-20-15-17-23(18-16-20)28(31)30-27(22-11-6-3-7-12-22)25-14-8-13-24(26(25)29-30)19-21-9-4-2-5-10-21/h2-7,9-12,15-19,25,27H,8,13-14H2,1H3. The molecule has 0 aromatic heterocycles. The van der Waals surface area contributed by atoms with Crippen LogP contribution in [0.3, 0.4) is 0 Å². The Morgan fingerprint density at radius 2 is 1.61 bits per heavy atom. The molecule has 0 N–H and O–H groups in total. The fourth-order valence-electron chi connectivity index (χ4n) is 4.73. The number of nitrogens with zero attached hydrogens (tertiary/aromatic N) is 2. The second kappa shape index (κ2) is 8.35. The molecule has 1 fully saturated rings. The SMILES string of the molecule is Cc1ccc(C(=O)N2N=C3C(=Cc4ccccc4)CCCC3C2c2ccccc2)cc1. The molecule has 0 bridgehead atoms. The third-order valence-electron chi connectivity index (χ3n) is 6.29. The van der Waals surface area contributed by atoms with E-state index in [1.807, 2.05) is 55.5 Å². The number of hydrogen-bond donors (Lipinski definition) is 0. The van der Waals surface area contributed by atoms with Crippen molar-refractivity contribution in [3.05, 3.63) is 113 Å². The van der Waals surface area contributed by atoms with Crippen LogP contribution in [0, 0.1) is 12.8 Å². The minimum absolute atomic E-state index is 0.0326. The molecular weight excluding hydrogens is 380 g/mol. The van der Waals surface area contributed by atoms with Gasteiger partial charge in [0.15, 0.2) is 0 Å². The number of hydrogen-bond acceptors (Lipinski definition) is 2. The number of hydrazone groups is 1. The van der Waals surface area contributed by atoms with Gasteiger partial charge in [0.2, 0.25) is 0 Å². The Balaban J connectivity index is 1.57. The third-order valence-corrected chi connectivity index (χ3v) is 6.29. The van der Waals surface area contributed by atoms with E-state index in [1.54, 1.807) is 5.01 Å². The molecule has 2 atom stereocenters. The zero-order valence-corrected chi connectivity index (χ0v) is 17.7. The van der Waals surface area contributed by atoms with E-state index in [4.69, 9.17) is 5.10 Å². The van der Waals surface area contributed by atoms with Crippen molar-refractivity contribution in [1.29, 1.82) is 0 Å². The highest BCUT2D eigenvalue weighted by atomic mass is 16.2. The number of carbonyl (C=O) groups is 1. The molecule has 5 rings (SSSR count). The Morgan fingerprint density at radius 1 is 0.935 bits per heavy atom. The van der Waals surface area contributed by atoms with Crippen LogP contribution in [-0.2, 0) is 0 Å². The van der Waals surface area contributed by atoms with Crippen molar-refractivity contribution in [3.8, 4) is 0 Å². The lowest BCUT2D eigenvalue weighted by molar-refractivity contribution is 0.0681. The van der Waals surface area contributed by atoms with E-state index in [-0.39, 0.29) is 17.9 Å². The van der Waals surface area contributed by atoms with Gasteiger partial charge >= 0.3 is 0 Å². The van der Waals surface area contributed by atoms with Crippen molar-refractivity contribution in [2.45, 2.75) is 32.2 Å². The average Bonchev–Trinajstić information content (AvgIpc) is 3.21. The van der Waals surface area contributed by atoms with Crippen molar-refractivity contribution in [2.24, 2.45) is 11.0 Å². The summed E-state index contributed by atoms with van der Waals surface area (Å²) < 4.78 is 0. The maximum Gasteiger partial charge on any atom is 0.274 e. The Labute approximate surface area is 183 Å².